The Labute approximate surface area is 184 Å². The van der Waals surface area contributed by atoms with Crippen molar-refractivity contribution in [1.29, 1.82) is 0 Å². The van der Waals surface area contributed by atoms with Crippen molar-refractivity contribution in [3.63, 3.8) is 0 Å². The molecule has 0 aliphatic heterocycles. The number of ether oxygens (including phenoxy) is 1. The molecule has 5 nitrogen and oxygen atoms in total. The molecule has 0 spiro atoms. The summed E-state index contributed by atoms with van der Waals surface area (Å²) in [5.41, 5.74) is 2.16. The van der Waals surface area contributed by atoms with E-state index in [0.717, 1.165) is 11.1 Å². The number of esters is 1. The van der Waals surface area contributed by atoms with Crippen LogP contribution in [0.2, 0.25) is 5.02 Å². The summed E-state index contributed by atoms with van der Waals surface area (Å²) in [6.07, 6.45) is 0.769. The molecule has 1 heterocycles. The molecule has 1 amide bonds. The highest BCUT2D eigenvalue weighted by atomic mass is 35.5. The monoisotopic (exact) mass is 431 g/mol. The third-order valence-electron chi connectivity index (χ3n) is 4.64. The van der Waals surface area contributed by atoms with Gasteiger partial charge < -0.3 is 14.5 Å². The fraction of sp³-hybridized carbons (Fsp3) is 0.0400. The first kappa shape index (κ1) is 20.4. The second-order valence-electron chi connectivity index (χ2n) is 6.72. The van der Waals surface area contributed by atoms with Gasteiger partial charge in [0.25, 0.3) is 5.91 Å². The van der Waals surface area contributed by atoms with E-state index in [2.05, 4.69) is 5.32 Å². The molecule has 1 aromatic heterocycles. The number of carbonyl (C=O) groups excluding carboxylic acids is 2. The van der Waals surface area contributed by atoms with Crippen molar-refractivity contribution in [2.24, 2.45) is 0 Å². The number of benzene rings is 3. The van der Waals surface area contributed by atoms with Crippen LogP contribution in [0.3, 0.4) is 0 Å². The predicted molar refractivity (Wildman–Crippen MR) is 118 cm³/mol. The zero-order chi connectivity index (χ0) is 21.6. The average Bonchev–Trinajstić information content (AvgIpc) is 3.34. The SMILES string of the molecule is O=C(Nc1ccccc1C(=O)O[C@@H](c1ccccc1)c1ccc(Cl)cc1)c1ccco1. The van der Waals surface area contributed by atoms with Crippen LogP contribution in [0, 0.1) is 0 Å². The first-order chi connectivity index (χ1) is 15.1. The van der Waals surface area contributed by atoms with E-state index >= 15 is 0 Å². The van der Waals surface area contributed by atoms with Gasteiger partial charge in [0.05, 0.1) is 17.5 Å². The van der Waals surface area contributed by atoms with Crippen molar-refractivity contribution < 1.29 is 18.7 Å². The van der Waals surface area contributed by atoms with E-state index in [1.54, 1.807) is 48.5 Å². The van der Waals surface area contributed by atoms with Gasteiger partial charge in [0, 0.05) is 5.02 Å². The number of nitrogens with one attached hydrogen (secondary N) is 1. The Morgan fingerprint density at radius 3 is 2.19 bits per heavy atom. The standard InChI is InChI=1S/C25H18ClNO4/c26-19-14-12-18(13-15-19)23(17-7-2-1-3-8-17)31-25(29)20-9-4-5-10-21(20)27-24(28)22-11-6-16-30-22/h1-16,23H,(H,27,28)/t23-/m0/s1. The van der Waals surface area contributed by atoms with Gasteiger partial charge in [0.15, 0.2) is 11.9 Å². The minimum atomic E-state index is -0.639. The molecule has 0 saturated carbocycles. The molecule has 0 radical (unpaired) electrons. The van der Waals surface area contributed by atoms with Crippen LogP contribution < -0.4 is 5.32 Å². The summed E-state index contributed by atoms with van der Waals surface area (Å²) in [4.78, 5) is 25.5. The van der Waals surface area contributed by atoms with Gasteiger partial charge in [-0.15, -0.1) is 0 Å². The van der Waals surface area contributed by atoms with E-state index < -0.39 is 18.0 Å². The number of anilines is 1. The third-order valence-corrected chi connectivity index (χ3v) is 4.89. The van der Waals surface area contributed by atoms with E-state index in [4.69, 9.17) is 20.8 Å². The van der Waals surface area contributed by atoms with Crippen LogP contribution in [-0.4, -0.2) is 11.9 Å². The van der Waals surface area contributed by atoms with Crippen LogP contribution in [0.4, 0.5) is 5.69 Å². The Morgan fingerprint density at radius 2 is 1.48 bits per heavy atom. The summed E-state index contributed by atoms with van der Waals surface area (Å²) in [5.74, 6) is -0.881. The van der Waals surface area contributed by atoms with Crippen molar-refractivity contribution in [2.75, 3.05) is 5.32 Å². The van der Waals surface area contributed by atoms with Gasteiger partial charge in [-0.05, 0) is 47.5 Å². The molecule has 0 aliphatic carbocycles. The Bertz CT molecular complexity index is 1170. The molecule has 154 valence electrons. The molecule has 0 bridgehead atoms. The molecule has 0 aliphatic rings. The smallest absolute Gasteiger partial charge is 0.341 e. The molecule has 0 fully saturated rings. The number of halogens is 1. The molecular formula is C25H18ClNO4. The fourth-order valence-corrected chi connectivity index (χ4v) is 3.25. The van der Waals surface area contributed by atoms with E-state index in [-0.39, 0.29) is 11.3 Å². The van der Waals surface area contributed by atoms with Crippen molar-refractivity contribution in [3.05, 3.63) is 125 Å². The summed E-state index contributed by atoms with van der Waals surface area (Å²) < 4.78 is 11.0. The minimum Gasteiger partial charge on any atom is -0.459 e. The number of hydrogen-bond donors (Lipinski definition) is 1. The maximum atomic E-state index is 13.1. The Balaban J connectivity index is 1.62. The lowest BCUT2D eigenvalue weighted by Crippen LogP contribution is -2.17. The lowest BCUT2D eigenvalue weighted by molar-refractivity contribution is 0.0379. The van der Waals surface area contributed by atoms with Gasteiger partial charge in [-0.25, -0.2) is 4.79 Å². The van der Waals surface area contributed by atoms with Crippen LogP contribution in [0.1, 0.15) is 38.1 Å². The van der Waals surface area contributed by atoms with Crippen LogP contribution >= 0.6 is 11.6 Å². The zero-order valence-electron chi connectivity index (χ0n) is 16.3. The number of para-hydroxylation sites is 1. The van der Waals surface area contributed by atoms with Gasteiger partial charge in [-0.1, -0.05) is 66.2 Å². The highest BCUT2D eigenvalue weighted by molar-refractivity contribution is 6.30. The summed E-state index contributed by atoms with van der Waals surface area (Å²) in [6, 6.07) is 26.4. The van der Waals surface area contributed by atoms with Crippen molar-refractivity contribution in [2.45, 2.75) is 6.10 Å². The number of hydrogen-bond acceptors (Lipinski definition) is 4. The molecule has 31 heavy (non-hydrogen) atoms. The topological polar surface area (TPSA) is 68.5 Å². The lowest BCUT2D eigenvalue weighted by Gasteiger charge is -2.20. The minimum absolute atomic E-state index is 0.145. The number of amides is 1. The Hall–Kier alpha value is -3.83. The molecule has 1 N–H and O–H groups in total. The maximum absolute atomic E-state index is 13.1. The molecule has 1 atom stereocenters. The van der Waals surface area contributed by atoms with Crippen LogP contribution in [0.5, 0.6) is 0 Å². The Morgan fingerprint density at radius 1 is 0.806 bits per heavy atom. The predicted octanol–water partition coefficient (Wildman–Crippen LogP) is 6.13. The maximum Gasteiger partial charge on any atom is 0.341 e. The van der Waals surface area contributed by atoms with Gasteiger partial charge >= 0.3 is 5.97 Å². The Kier molecular flexibility index (Phi) is 6.15. The molecule has 0 saturated heterocycles. The summed E-state index contributed by atoms with van der Waals surface area (Å²) in [7, 11) is 0. The quantitative estimate of drug-likeness (QED) is 0.373. The van der Waals surface area contributed by atoms with Crippen LogP contribution in [0.15, 0.2) is 102 Å². The average molecular weight is 432 g/mol. The highest BCUT2D eigenvalue weighted by Crippen LogP contribution is 2.29. The molecule has 0 unspecified atom stereocenters. The van der Waals surface area contributed by atoms with Crippen molar-refractivity contribution >= 4 is 29.2 Å². The molecule has 3 aromatic carbocycles. The summed E-state index contributed by atoms with van der Waals surface area (Å²) >= 11 is 6.02. The van der Waals surface area contributed by atoms with Gasteiger partial charge in [-0.2, -0.15) is 0 Å². The van der Waals surface area contributed by atoms with Gasteiger partial charge in [-0.3, -0.25) is 4.79 Å². The fourth-order valence-electron chi connectivity index (χ4n) is 3.13. The molecule has 6 heteroatoms. The number of carbonyl (C=O) groups is 2. The number of rotatable bonds is 6. The van der Waals surface area contributed by atoms with Gasteiger partial charge in [0.2, 0.25) is 0 Å². The number of furan rings is 1. The van der Waals surface area contributed by atoms with Crippen molar-refractivity contribution in [3.8, 4) is 0 Å². The lowest BCUT2D eigenvalue weighted by atomic mass is 10.0. The highest BCUT2D eigenvalue weighted by Gasteiger charge is 2.23. The normalized spacial score (nSPS) is 11.5. The first-order valence-corrected chi connectivity index (χ1v) is 9.95. The second kappa shape index (κ2) is 9.32. The largest absolute Gasteiger partial charge is 0.459 e. The molecule has 4 rings (SSSR count). The van der Waals surface area contributed by atoms with Gasteiger partial charge in [0.1, 0.15) is 0 Å². The zero-order valence-corrected chi connectivity index (χ0v) is 17.1. The van der Waals surface area contributed by atoms with Crippen LogP contribution in [0.25, 0.3) is 0 Å². The van der Waals surface area contributed by atoms with Crippen LogP contribution in [-0.2, 0) is 4.74 Å². The van der Waals surface area contributed by atoms with E-state index in [9.17, 15) is 9.59 Å². The van der Waals surface area contributed by atoms with E-state index in [1.165, 1.54) is 6.26 Å². The third kappa shape index (κ3) is 4.85. The first-order valence-electron chi connectivity index (χ1n) is 9.57. The summed E-state index contributed by atoms with van der Waals surface area (Å²) in [5, 5.41) is 3.29. The summed E-state index contributed by atoms with van der Waals surface area (Å²) in [6.45, 7) is 0. The second-order valence-corrected chi connectivity index (χ2v) is 7.16. The van der Waals surface area contributed by atoms with E-state index in [0.29, 0.717) is 10.7 Å². The molecular weight excluding hydrogens is 414 g/mol. The van der Waals surface area contributed by atoms with E-state index in [1.807, 2.05) is 42.5 Å². The van der Waals surface area contributed by atoms with Crippen molar-refractivity contribution in [1.82, 2.24) is 0 Å². The molecule has 4 aromatic rings.